The lowest BCUT2D eigenvalue weighted by atomic mass is 10.3. The zero-order chi connectivity index (χ0) is 14.0. The lowest BCUT2D eigenvalue weighted by Crippen LogP contribution is -2.23. The summed E-state index contributed by atoms with van der Waals surface area (Å²) in [6, 6.07) is 0. The van der Waals surface area contributed by atoms with Gasteiger partial charge in [0, 0.05) is 5.38 Å². The van der Waals surface area contributed by atoms with E-state index in [0.717, 1.165) is 22.3 Å². The summed E-state index contributed by atoms with van der Waals surface area (Å²) in [7, 11) is 0. The van der Waals surface area contributed by atoms with E-state index in [2.05, 4.69) is 15.3 Å². The van der Waals surface area contributed by atoms with Gasteiger partial charge in [-0.3, -0.25) is 4.79 Å². The Bertz CT molecular complexity index is 590. The number of rotatable bonds is 4. The van der Waals surface area contributed by atoms with Crippen molar-refractivity contribution in [2.45, 2.75) is 26.1 Å². The molecule has 0 spiro atoms. The predicted molar refractivity (Wildman–Crippen MR) is 61.0 cm³/mol. The highest BCUT2D eigenvalue weighted by molar-refractivity contribution is 7.09. The number of carbonyl (C=O) groups is 1. The first kappa shape index (κ1) is 13.7. The summed E-state index contributed by atoms with van der Waals surface area (Å²) >= 11 is 1.47. The molecule has 2 rings (SSSR count). The smallest absolute Gasteiger partial charge is 0.282 e. The van der Waals surface area contributed by atoms with Crippen molar-refractivity contribution >= 4 is 17.1 Å². The summed E-state index contributed by atoms with van der Waals surface area (Å²) in [4.78, 5) is 15.2. The molecule has 9 heteroatoms. The third-order valence-corrected chi connectivity index (χ3v) is 3.30. The van der Waals surface area contributed by atoms with Crippen LogP contribution in [0.4, 0.5) is 13.2 Å². The second kappa shape index (κ2) is 5.08. The van der Waals surface area contributed by atoms with Crippen LogP contribution in [-0.4, -0.2) is 31.9 Å². The number of carbonyl (C=O) groups excluding carboxylic acids is 1. The van der Waals surface area contributed by atoms with E-state index < -0.39 is 17.7 Å². The van der Waals surface area contributed by atoms with Crippen molar-refractivity contribution in [1.29, 1.82) is 0 Å². The topological polar surface area (TPSA) is 60.7 Å². The number of aryl methyl sites for hydroxylation is 1. The molecule has 0 bridgehead atoms. The van der Waals surface area contributed by atoms with Crippen LogP contribution in [0.1, 0.15) is 28.1 Å². The third kappa shape index (κ3) is 3.16. The molecule has 0 aliphatic rings. The van der Waals surface area contributed by atoms with E-state index in [1.165, 1.54) is 11.3 Å². The minimum atomic E-state index is -4.93. The molecule has 0 fully saturated rings. The van der Waals surface area contributed by atoms with Crippen molar-refractivity contribution in [3.05, 3.63) is 28.0 Å². The number of halogens is 3. The molecule has 19 heavy (non-hydrogen) atoms. The number of Topliss-reactive ketones (excluding diaryl/α,β-unsaturated/α-hetero) is 1. The zero-order valence-electron chi connectivity index (χ0n) is 9.81. The van der Waals surface area contributed by atoms with Crippen LogP contribution >= 0.6 is 11.3 Å². The maximum atomic E-state index is 12.2. The number of alkyl halides is 3. The normalized spacial score (nSPS) is 11.8. The Hall–Kier alpha value is -1.77. The summed E-state index contributed by atoms with van der Waals surface area (Å²) in [6.45, 7) is 2.15. The SMILES string of the molecule is CCc1nc(Cn2cc(C(=O)C(F)(F)F)nn2)cs1. The van der Waals surface area contributed by atoms with Crippen LogP contribution in [0, 0.1) is 0 Å². The van der Waals surface area contributed by atoms with Gasteiger partial charge in [-0.1, -0.05) is 12.1 Å². The van der Waals surface area contributed by atoms with Gasteiger partial charge in [0.15, 0.2) is 5.69 Å². The van der Waals surface area contributed by atoms with Gasteiger partial charge in [0.1, 0.15) is 0 Å². The van der Waals surface area contributed by atoms with E-state index in [9.17, 15) is 18.0 Å². The van der Waals surface area contributed by atoms with Gasteiger partial charge in [0.2, 0.25) is 0 Å². The second-order valence-electron chi connectivity index (χ2n) is 3.71. The van der Waals surface area contributed by atoms with E-state index in [0.29, 0.717) is 5.69 Å². The Labute approximate surface area is 110 Å². The van der Waals surface area contributed by atoms with Crippen LogP contribution in [0.15, 0.2) is 11.6 Å². The van der Waals surface area contributed by atoms with Crippen LogP contribution in [0.2, 0.25) is 0 Å². The molecule has 0 unspecified atom stereocenters. The first-order chi connectivity index (χ1) is 8.90. The van der Waals surface area contributed by atoms with Crippen molar-refractivity contribution in [2.75, 3.05) is 0 Å². The standard InChI is InChI=1S/C10H9F3N4OS/c1-2-8-14-6(5-19-8)3-17-4-7(15-16-17)9(18)10(11,12)13/h4-5H,2-3H2,1H3. The van der Waals surface area contributed by atoms with E-state index in [1.54, 1.807) is 5.38 Å². The van der Waals surface area contributed by atoms with E-state index in [-0.39, 0.29) is 6.54 Å². The molecule has 0 radical (unpaired) electrons. The Balaban J connectivity index is 2.11. The maximum absolute atomic E-state index is 12.2. The summed E-state index contributed by atoms with van der Waals surface area (Å²) < 4.78 is 37.7. The van der Waals surface area contributed by atoms with Crippen LogP contribution in [-0.2, 0) is 13.0 Å². The van der Waals surface area contributed by atoms with Crippen molar-refractivity contribution in [1.82, 2.24) is 20.0 Å². The van der Waals surface area contributed by atoms with Crippen molar-refractivity contribution in [2.24, 2.45) is 0 Å². The largest absolute Gasteiger partial charge is 0.456 e. The highest BCUT2D eigenvalue weighted by Gasteiger charge is 2.41. The molecule has 2 aromatic rings. The molecule has 0 saturated heterocycles. The maximum Gasteiger partial charge on any atom is 0.456 e. The van der Waals surface area contributed by atoms with Gasteiger partial charge in [-0.25, -0.2) is 9.67 Å². The Morgan fingerprint density at radius 3 is 2.79 bits per heavy atom. The summed E-state index contributed by atoms with van der Waals surface area (Å²) in [6.07, 6.45) is -3.17. The lowest BCUT2D eigenvalue weighted by Gasteiger charge is -2.00. The van der Waals surface area contributed by atoms with Crippen molar-refractivity contribution < 1.29 is 18.0 Å². The Morgan fingerprint density at radius 1 is 1.47 bits per heavy atom. The molecule has 0 aromatic carbocycles. The molecule has 5 nitrogen and oxygen atoms in total. The number of hydrogen-bond acceptors (Lipinski definition) is 5. The number of hydrogen-bond donors (Lipinski definition) is 0. The molecule has 0 saturated carbocycles. The van der Waals surface area contributed by atoms with Gasteiger partial charge < -0.3 is 0 Å². The Morgan fingerprint density at radius 2 is 2.21 bits per heavy atom. The minimum absolute atomic E-state index is 0.189. The lowest BCUT2D eigenvalue weighted by molar-refractivity contribution is -0.0888. The summed E-state index contributed by atoms with van der Waals surface area (Å²) in [5.74, 6) is -1.99. The first-order valence-corrected chi connectivity index (χ1v) is 6.23. The predicted octanol–water partition coefficient (Wildman–Crippen LogP) is 2.09. The quantitative estimate of drug-likeness (QED) is 0.809. The van der Waals surface area contributed by atoms with Crippen LogP contribution < -0.4 is 0 Å². The Kier molecular flexibility index (Phi) is 3.65. The third-order valence-electron chi connectivity index (χ3n) is 2.25. The number of nitrogens with zero attached hydrogens (tertiary/aromatic N) is 4. The number of ketones is 1. The average Bonchev–Trinajstić information content (AvgIpc) is 2.96. The first-order valence-electron chi connectivity index (χ1n) is 5.35. The molecule has 102 valence electrons. The average molecular weight is 290 g/mol. The second-order valence-corrected chi connectivity index (χ2v) is 4.66. The van der Waals surface area contributed by atoms with E-state index in [4.69, 9.17) is 0 Å². The molecule has 0 amide bonds. The van der Waals surface area contributed by atoms with E-state index in [1.807, 2.05) is 6.92 Å². The summed E-state index contributed by atoms with van der Waals surface area (Å²) in [5, 5.41) is 9.45. The van der Waals surface area contributed by atoms with Crippen molar-refractivity contribution in [3.8, 4) is 0 Å². The van der Waals surface area contributed by atoms with Gasteiger partial charge in [-0.15, -0.1) is 16.4 Å². The summed E-state index contributed by atoms with van der Waals surface area (Å²) in [5.41, 5.74) is -0.0313. The van der Waals surface area contributed by atoms with Crippen LogP contribution in [0.3, 0.4) is 0 Å². The minimum Gasteiger partial charge on any atom is -0.282 e. The number of aromatic nitrogens is 4. The van der Waals surface area contributed by atoms with Crippen LogP contribution in [0.5, 0.6) is 0 Å². The van der Waals surface area contributed by atoms with E-state index >= 15 is 0 Å². The van der Waals surface area contributed by atoms with Gasteiger partial charge in [0.05, 0.1) is 23.4 Å². The molecular formula is C10H9F3N4OS. The molecule has 0 N–H and O–H groups in total. The van der Waals surface area contributed by atoms with Crippen LogP contribution in [0.25, 0.3) is 0 Å². The molecule has 2 heterocycles. The van der Waals surface area contributed by atoms with Gasteiger partial charge in [-0.05, 0) is 6.42 Å². The molecule has 0 aliphatic carbocycles. The molecule has 0 atom stereocenters. The highest BCUT2D eigenvalue weighted by atomic mass is 32.1. The molecular weight excluding hydrogens is 281 g/mol. The fourth-order valence-corrected chi connectivity index (χ4v) is 2.11. The fourth-order valence-electron chi connectivity index (χ4n) is 1.37. The van der Waals surface area contributed by atoms with Gasteiger partial charge in [-0.2, -0.15) is 13.2 Å². The monoisotopic (exact) mass is 290 g/mol. The molecule has 0 aliphatic heterocycles. The van der Waals surface area contributed by atoms with Crippen molar-refractivity contribution in [3.63, 3.8) is 0 Å². The zero-order valence-corrected chi connectivity index (χ0v) is 10.6. The van der Waals surface area contributed by atoms with Gasteiger partial charge >= 0.3 is 6.18 Å². The fraction of sp³-hybridized carbons (Fsp3) is 0.400. The highest BCUT2D eigenvalue weighted by Crippen LogP contribution is 2.20. The number of thiazole rings is 1. The van der Waals surface area contributed by atoms with Gasteiger partial charge in [0.25, 0.3) is 5.78 Å². The molecule has 2 aromatic heterocycles.